The van der Waals surface area contributed by atoms with Gasteiger partial charge in [0.15, 0.2) is 0 Å². The Hall–Kier alpha value is -0.550. The molecule has 16 heavy (non-hydrogen) atoms. The SMILES string of the molecule is CC(C)(C)Sc1c(Br)cc(F)cc1C=NO. The summed E-state index contributed by atoms with van der Waals surface area (Å²) >= 11 is 4.90. The highest BCUT2D eigenvalue weighted by molar-refractivity contribution is 9.10. The first-order chi connectivity index (χ1) is 7.33. The molecule has 0 saturated heterocycles. The molecule has 0 aromatic heterocycles. The molecule has 0 unspecified atom stereocenters. The molecule has 88 valence electrons. The summed E-state index contributed by atoms with van der Waals surface area (Å²) in [6, 6.07) is 2.75. The molecule has 1 aromatic carbocycles. The second-order valence-corrected chi connectivity index (χ2v) is 6.96. The van der Waals surface area contributed by atoms with E-state index in [0.29, 0.717) is 10.0 Å². The van der Waals surface area contributed by atoms with Gasteiger partial charge in [0, 0.05) is 19.7 Å². The van der Waals surface area contributed by atoms with Gasteiger partial charge in [0.2, 0.25) is 0 Å². The number of benzene rings is 1. The van der Waals surface area contributed by atoms with Gasteiger partial charge >= 0.3 is 0 Å². The summed E-state index contributed by atoms with van der Waals surface area (Å²) in [4.78, 5) is 0.867. The highest BCUT2D eigenvalue weighted by Gasteiger charge is 2.17. The fourth-order valence-corrected chi connectivity index (χ4v) is 2.84. The first kappa shape index (κ1) is 13.5. The van der Waals surface area contributed by atoms with E-state index < -0.39 is 0 Å². The highest BCUT2D eigenvalue weighted by atomic mass is 79.9. The second kappa shape index (κ2) is 5.19. The molecule has 0 aliphatic rings. The fraction of sp³-hybridized carbons (Fsp3) is 0.364. The number of hydrogen-bond acceptors (Lipinski definition) is 3. The minimum Gasteiger partial charge on any atom is -0.411 e. The van der Waals surface area contributed by atoms with Crippen LogP contribution < -0.4 is 0 Å². The topological polar surface area (TPSA) is 32.6 Å². The normalized spacial score (nSPS) is 12.3. The van der Waals surface area contributed by atoms with Crippen molar-refractivity contribution in [1.29, 1.82) is 0 Å². The first-order valence-corrected chi connectivity index (χ1v) is 6.30. The zero-order valence-corrected chi connectivity index (χ0v) is 11.7. The lowest BCUT2D eigenvalue weighted by atomic mass is 10.2. The van der Waals surface area contributed by atoms with E-state index in [-0.39, 0.29) is 10.6 Å². The maximum absolute atomic E-state index is 13.2. The molecule has 1 N–H and O–H groups in total. The minimum atomic E-state index is -0.361. The second-order valence-electron chi connectivity index (χ2n) is 4.26. The van der Waals surface area contributed by atoms with Crippen molar-refractivity contribution in [2.24, 2.45) is 5.16 Å². The molecule has 2 nitrogen and oxygen atoms in total. The maximum Gasteiger partial charge on any atom is 0.125 e. The Morgan fingerprint density at radius 1 is 1.44 bits per heavy atom. The van der Waals surface area contributed by atoms with Crippen molar-refractivity contribution in [3.63, 3.8) is 0 Å². The van der Waals surface area contributed by atoms with Crippen molar-refractivity contribution >= 4 is 33.9 Å². The van der Waals surface area contributed by atoms with E-state index in [4.69, 9.17) is 5.21 Å². The third-order valence-corrected chi connectivity index (χ3v) is 3.80. The smallest absolute Gasteiger partial charge is 0.125 e. The van der Waals surface area contributed by atoms with Gasteiger partial charge in [-0.25, -0.2) is 4.39 Å². The summed E-state index contributed by atoms with van der Waals surface area (Å²) in [6.45, 7) is 6.19. The van der Waals surface area contributed by atoms with E-state index in [2.05, 4.69) is 41.9 Å². The predicted molar refractivity (Wildman–Crippen MR) is 69.1 cm³/mol. The Bertz CT molecular complexity index is 415. The van der Waals surface area contributed by atoms with Crippen molar-refractivity contribution in [2.75, 3.05) is 0 Å². The zero-order valence-electron chi connectivity index (χ0n) is 9.29. The fourth-order valence-electron chi connectivity index (χ4n) is 1.15. The minimum absolute atomic E-state index is 0.00159. The molecule has 0 heterocycles. The number of halogens is 2. The van der Waals surface area contributed by atoms with Crippen LogP contribution in [0.1, 0.15) is 26.3 Å². The van der Waals surface area contributed by atoms with Gasteiger partial charge in [-0.2, -0.15) is 0 Å². The molecule has 0 radical (unpaired) electrons. The highest BCUT2D eigenvalue weighted by Crippen LogP contribution is 2.38. The van der Waals surface area contributed by atoms with Gasteiger partial charge in [-0.3, -0.25) is 0 Å². The number of rotatable bonds is 2. The Kier molecular flexibility index (Phi) is 4.38. The summed E-state index contributed by atoms with van der Waals surface area (Å²) in [5.41, 5.74) is 0.564. The lowest BCUT2D eigenvalue weighted by molar-refractivity contribution is 0.321. The van der Waals surface area contributed by atoms with Gasteiger partial charge in [0.25, 0.3) is 0 Å². The Morgan fingerprint density at radius 2 is 2.06 bits per heavy atom. The van der Waals surface area contributed by atoms with Crippen LogP contribution in [0, 0.1) is 5.82 Å². The van der Waals surface area contributed by atoms with E-state index in [1.54, 1.807) is 11.8 Å². The van der Waals surface area contributed by atoms with E-state index in [1.807, 2.05) is 0 Å². The van der Waals surface area contributed by atoms with Gasteiger partial charge in [0.1, 0.15) is 5.82 Å². The van der Waals surface area contributed by atoms with Crippen LogP contribution in [-0.2, 0) is 0 Å². The van der Waals surface area contributed by atoms with Crippen LogP contribution in [0.3, 0.4) is 0 Å². The molecule has 5 heteroatoms. The molecule has 0 atom stereocenters. The van der Waals surface area contributed by atoms with Crippen LogP contribution in [-0.4, -0.2) is 16.2 Å². The maximum atomic E-state index is 13.2. The monoisotopic (exact) mass is 305 g/mol. The molecule has 0 bridgehead atoms. The molecule has 0 aliphatic carbocycles. The molecular formula is C11H13BrFNOS. The molecular weight excluding hydrogens is 293 g/mol. The van der Waals surface area contributed by atoms with Crippen LogP contribution in [0.2, 0.25) is 0 Å². The van der Waals surface area contributed by atoms with E-state index in [9.17, 15) is 4.39 Å². The van der Waals surface area contributed by atoms with E-state index in [0.717, 1.165) is 4.90 Å². The van der Waals surface area contributed by atoms with E-state index in [1.165, 1.54) is 18.3 Å². The molecule has 0 aliphatic heterocycles. The Balaban J connectivity index is 3.24. The summed E-state index contributed by atoms with van der Waals surface area (Å²) < 4.78 is 13.8. The number of nitrogens with zero attached hydrogens (tertiary/aromatic N) is 1. The molecule has 0 spiro atoms. The number of thioether (sulfide) groups is 1. The van der Waals surface area contributed by atoms with Crippen molar-refractivity contribution < 1.29 is 9.60 Å². The van der Waals surface area contributed by atoms with Crippen molar-refractivity contribution in [3.8, 4) is 0 Å². The van der Waals surface area contributed by atoms with Crippen molar-refractivity contribution in [2.45, 2.75) is 30.4 Å². The average molecular weight is 306 g/mol. The van der Waals surface area contributed by atoms with Gasteiger partial charge in [-0.05, 0) is 28.1 Å². The van der Waals surface area contributed by atoms with E-state index >= 15 is 0 Å². The Morgan fingerprint density at radius 3 is 2.56 bits per heavy atom. The van der Waals surface area contributed by atoms with Gasteiger partial charge in [-0.15, -0.1) is 11.8 Å². The van der Waals surface area contributed by atoms with Gasteiger partial charge in [0.05, 0.1) is 6.21 Å². The summed E-state index contributed by atoms with van der Waals surface area (Å²) in [7, 11) is 0. The lowest BCUT2D eigenvalue weighted by Gasteiger charge is -2.20. The van der Waals surface area contributed by atoms with Crippen molar-refractivity contribution in [3.05, 3.63) is 28.0 Å². The standard InChI is InChI=1S/C11H13BrFNOS/c1-11(2,3)16-10-7(6-14-15)4-8(13)5-9(10)12/h4-6,15H,1-3H3. The number of hydrogen-bond donors (Lipinski definition) is 1. The van der Waals surface area contributed by atoms with Crippen LogP contribution in [0.4, 0.5) is 4.39 Å². The van der Waals surface area contributed by atoms with Crippen molar-refractivity contribution in [1.82, 2.24) is 0 Å². The summed E-state index contributed by atoms with van der Waals surface area (Å²) in [5.74, 6) is -0.361. The summed E-state index contributed by atoms with van der Waals surface area (Å²) in [5, 5.41) is 11.5. The lowest BCUT2D eigenvalue weighted by Crippen LogP contribution is -2.08. The molecule has 0 fully saturated rings. The first-order valence-electron chi connectivity index (χ1n) is 4.69. The Labute approximate surface area is 107 Å². The van der Waals surface area contributed by atoms with Gasteiger partial charge in [-0.1, -0.05) is 25.9 Å². The van der Waals surface area contributed by atoms with Crippen LogP contribution in [0.5, 0.6) is 0 Å². The third-order valence-electron chi connectivity index (χ3n) is 1.64. The quantitative estimate of drug-likeness (QED) is 0.383. The van der Waals surface area contributed by atoms with Crippen LogP contribution in [0.15, 0.2) is 26.7 Å². The summed E-state index contributed by atoms with van der Waals surface area (Å²) in [6.07, 6.45) is 1.24. The molecule has 0 saturated carbocycles. The molecule has 0 amide bonds. The molecule has 1 rings (SSSR count). The largest absolute Gasteiger partial charge is 0.411 e. The van der Waals surface area contributed by atoms with Crippen LogP contribution >= 0.6 is 27.7 Å². The third kappa shape index (κ3) is 3.79. The average Bonchev–Trinajstić information content (AvgIpc) is 2.10. The predicted octanol–water partition coefficient (Wildman–Crippen LogP) is 4.29. The molecule has 1 aromatic rings. The zero-order chi connectivity index (χ0) is 12.3. The van der Waals surface area contributed by atoms with Crippen LogP contribution in [0.25, 0.3) is 0 Å². The van der Waals surface area contributed by atoms with Gasteiger partial charge < -0.3 is 5.21 Å². The number of oxime groups is 1.